The number of hydrogen-bond acceptors (Lipinski definition) is 7. The summed E-state index contributed by atoms with van der Waals surface area (Å²) in [4.78, 5) is 12.4. The van der Waals surface area contributed by atoms with Crippen molar-refractivity contribution in [1.29, 1.82) is 0 Å². The second kappa shape index (κ2) is 15.2. The summed E-state index contributed by atoms with van der Waals surface area (Å²) in [6.45, 7) is 1.47. The first-order valence-corrected chi connectivity index (χ1v) is 13.1. The lowest BCUT2D eigenvalue weighted by Gasteiger charge is -2.26. The van der Waals surface area contributed by atoms with Crippen molar-refractivity contribution in [2.75, 3.05) is 48.1 Å². The topological polar surface area (TPSA) is 98.3 Å². The van der Waals surface area contributed by atoms with Crippen LogP contribution in [0.5, 0.6) is 23.0 Å². The molecule has 2 unspecified atom stereocenters. The summed E-state index contributed by atoms with van der Waals surface area (Å²) < 4.78 is 21.4. The molecule has 3 aromatic carbocycles. The van der Waals surface area contributed by atoms with Gasteiger partial charge in [0.25, 0.3) is 0 Å². The van der Waals surface area contributed by atoms with Crippen LogP contribution in [0, 0.1) is 5.92 Å². The summed E-state index contributed by atoms with van der Waals surface area (Å²) in [6.07, 6.45) is 1.40. The molecule has 8 nitrogen and oxygen atoms in total. The van der Waals surface area contributed by atoms with Crippen molar-refractivity contribution in [3.8, 4) is 23.0 Å². The van der Waals surface area contributed by atoms with E-state index in [4.69, 9.17) is 30.5 Å². The Balaban J connectivity index is 1.67. The maximum atomic E-state index is 12.4. The zero-order chi connectivity index (χ0) is 28.2. The minimum absolute atomic E-state index is 0.291. The second-order valence-corrected chi connectivity index (χ2v) is 9.45. The third kappa shape index (κ3) is 8.51. The van der Waals surface area contributed by atoms with Crippen LogP contribution in [-0.2, 0) is 17.6 Å². The van der Waals surface area contributed by atoms with E-state index in [-0.39, 0.29) is 0 Å². The second-order valence-electron chi connectivity index (χ2n) is 9.01. The van der Waals surface area contributed by atoms with Gasteiger partial charge in [-0.05, 0) is 79.0 Å². The molecular formula is C30H37ClN2O6. The molecule has 39 heavy (non-hydrogen) atoms. The first-order chi connectivity index (χ1) is 18.9. The minimum atomic E-state index is -0.882. The van der Waals surface area contributed by atoms with E-state index in [9.17, 15) is 9.90 Å². The Bertz CT molecular complexity index is 1200. The van der Waals surface area contributed by atoms with Gasteiger partial charge in [-0.2, -0.15) is 0 Å². The zero-order valence-electron chi connectivity index (χ0n) is 22.8. The van der Waals surface area contributed by atoms with Gasteiger partial charge < -0.3 is 34.7 Å². The van der Waals surface area contributed by atoms with Crippen molar-refractivity contribution in [3.05, 3.63) is 82.4 Å². The molecule has 0 aliphatic carbocycles. The number of nitrogens with one attached hydrogen (secondary N) is 2. The highest BCUT2D eigenvalue weighted by Gasteiger charge is 2.29. The van der Waals surface area contributed by atoms with Gasteiger partial charge in [-0.25, -0.2) is 0 Å². The molecule has 0 radical (unpaired) electrons. The highest BCUT2D eigenvalue weighted by Crippen LogP contribution is 2.29. The molecule has 3 aromatic rings. The average molecular weight is 557 g/mol. The van der Waals surface area contributed by atoms with Gasteiger partial charge in [0, 0.05) is 17.6 Å². The van der Waals surface area contributed by atoms with Crippen molar-refractivity contribution >= 4 is 17.6 Å². The van der Waals surface area contributed by atoms with Gasteiger partial charge in [0.1, 0.15) is 0 Å². The normalized spacial score (nSPS) is 12.4. The highest BCUT2D eigenvalue weighted by molar-refractivity contribution is 6.30. The predicted molar refractivity (Wildman–Crippen MR) is 153 cm³/mol. The van der Waals surface area contributed by atoms with Crippen LogP contribution in [0.25, 0.3) is 0 Å². The van der Waals surface area contributed by atoms with Crippen LogP contribution in [0.15, 0.2) is 60.7 Å². The Morgan fingerprint density at radius 1 is 0.769 bits per heavy atom. The molecule has 0 saturated heterocycles. The van der Waals surface area contributed by atoms with Gasteiger partial charge in [-0.1, -0.05) is 35.9 Å². The Hall–Kier alpha value is -3.46. The lowest BCUT2D eigenvalue weighted by molar-refractivity contribution is -0.142. The molecule has 0 amide bonds. The minimum Gasteiger partial charge on any atom is -0.493 e. The molecular weight excluding hydrogens is 520 g/mol. The van der Waals surface area contributed by atoms with Crippen molar-refractivity contribution in [3.63, 3.8) is 0 Å². The number of benzene rings is 3. The number of aliphatic carboxylic acids is 1. The van der Waals surface area contributed by atoms with Crippen LogP contribution in [0.3, 0.4) is 0 Å². The Morgan fingerprint density at radius 3 is 1.77 bits per heavy atom. The number of hydrogen-bond donors (Lipinski definition) is 3. The van der Waals surface area contributed by atoms with Gasteiger partial charge >= 0.3 is 5.97 Å². The van der Waals surface area contributed by atoms with E-state index in [0.717, 1.165) is 16.7 Å². The molecule has 0 bridgehead atoms. The largest absolute Gasteiger partial charge is 0.493 e. The predicted octanol–water partition coefficient (Wildman–Crippen LogP) is 4.78. The third-order valence-corrected chi connectivity index (χ3v) is 6.83. The van der Waals surface area contributed by atoms with E-state index >= 15 is 0 Å². The summed E-state index contributed by atoms with van der Waals surface area (Å²) >= 11 is 6.11. The number of carbonyl (C=O) groups is 1. The number of carboxylic acid groups (broad SMARTS) is 1. The van der Waals surface area contributed by atoms with Gasteiger partial charge in [0.05, 0.1) is 34.4 Å². The molecule has 0 aliphatic rings. The van der Waals surface area contributed by atoms with Crippen molar-refractivity contribution in [2.24, 2.45) is 5.92 Å². The summed E-state index contributed by atoms with van der Waals surface area (Å²) in [6, 6.07) is 18.4. The fourth-order valence-electron chi connectivity index (χ4n) is 4.44. The van der Waals surface area contributed by atoms with Crippen molar-refractivity contribution in [1.82, 2.24) is 10.6 Å². The summed E-state index contributed by atoms with van der Waals surface area (Å²) in [5.74, 6) is 1.07. The van der Waals surface area contributed by atoms with Crippen LogP contribution in [-0.4, -0.2) is 59.1 Å². The quantitative estimate of drug-likeness (QED) is 0.217. The monoisotopic (exact) mass is 556 g/mol. The Labute approximate surface area is 235 Å². The van der Waals surface area contributed by atoms with Crippen LogP contribution >= 0.6 is 11.6 Å². The van der Waals surface area contributed by atoms with Crippen LogP contribution < -0.4 is 29.6 Å². The molecule has 9 heteroatoms. The van der Waals surface area contributed by atoms with Crippen LogP contribution in [0.4, 0.5) is 0 Å². The zero-order valence-corrected chi connectivity index (χ0v) is 23.6. The molecule has 0 fully saturated rings. The highest BCUT2D eigenvalue weighted by atomic mass is 35.5. The van der Waals surface area contributed by atoms with E-state index in [1.165, 1.54) is 0 Å². The standard InChI is InChI=1S/C30H37ClN2O6/c1-36-25-11-5-20(17-27(25)38-3)13-15-32-19-24(30(34)35)29(22-7-9-23(31)10-8-22)33-16-14-21-6-12-26(37-2)28(18-21)39-4/h5-12,17-18,24,29,32-33H,13-16,19H2,1-4H3,(H,34,35). The SMILES string of the molecule is COc1ccc(CCNCC(C(=O)O)C(NCCc2ccc(OC)c(OC)c2)c2ccc(Cl)cc2)cc1OC. The number of carboxylic acids is 1. The molecule has 2 atom stereocenters. The number of rotatable bonds is 16. The molecule has 0 saturated carbocycles. The van der Waals surface area contributed by atoms with E-state index in [1.807, 2.05) is 48.5 Å². The smallest absolute Gasteiger partial charge is 0.309 e. The van der Waals surface area contributed by atoms with E-state index < -0.39 is 17.9 Å². The van der Waals surface area contributed by atoms with Crippen molar-refractivity contribution < 1.29 is 28.8 Å². The van der Waals surface area contributed by atoms with E-state index in [2.05, 4.69) is 10.6 Å². The molecule has 0 aromatic heterocycles. The summed E-state index contributed by atoms with van der Waals surface area (Å²) in [5, 5.41) is 17.6. The fraction of sp³-hybridized carbons (Fsp3) is 0.367. The van der Waals surface area contributed by atoms with Gasteiger partial charge in [-0.3, -0.25) is 4.79 Å². The van der Waals surface area contributed by atoms with E-state index in [0.29, 0.717) is 60.5 Å². The lowest BCUT2D eigenvalue weighted by atomic mass is 9.92. The van der Waals surface area contributed by atoms with Crippen LogP contribution in [0.1, 0.15) is 22.7 Å². The number of ether oxygens (including phenoxy) is 4. The fourth-order valence-corrected chi connectivity index (χ4v) is 4.57. The molecule has 0 spiro atoms. The number of halogens is 1. The first-order valence-electron chi connectivity index (χ1n) is 12.7. The Morgan fingerprint density at radius 2 is 1.28 bits per heavy atom. The van der Waals surface area contributed by atoms with Gasteiger partial charge in [0.2, 0.25) is 0 Å². The molecule has 210 valence electrons. The summed E-state index contributed by atoms with van der Waals surface area (Å²) in [7, 11) is 6.41. The summed E-state index contributed by atoms with van der Waals surface area (Å²) in [5.41, 5.74) is 2.98. The van der Waals surface area contributed by atoms with Crippen LogP contribution in [0.2, 0.25) is 5.02 Å². The third-order valence-electron chi connectivity index (χ3n) is 6.58. The van der Waals surface area contributed by atoms with Gasteiger partial charge in [-0.15, -0.1) is 0 Å². The maximum absolute atomic E-state index is 12.4. The average Bonchev–Trinajstić information content (AvgIpc) is 2.95. The molecule has 0 aliphatic heterocycles. The number of methoxy groups -OCH3 is 4. The molecule has 3 N–H and O–H groups in total. The lowest BCUT2D eigenvalue weighted by Crippen LogP contribution is -2.40. The maximum Gasteiger partial charge on any atom is 0.309 e. The molecule has 0 heterocycles. The van der Waals surface area contributed by atoms with Gasteiger partial charge in [0.15, 0.2) is 23.0 Å². The van der Waals surface area contributed by atoms with Crippen molar-refractivity contribution in [2.45, 2.75) is 18.9 Å². The molecule has 3 rings (SSSR count). The first kappa shape index (κ1) is 30.1. The van der Waals surface area contributed by atoms with E-state index in [1.54, 1.807) is 40.6 Å². The Kier molecular flexibility index (Phi) is 11.7.